The second kappa shape index (κ2) is 13.3. The molecule has 5 rings (SSSR count). The zero-order chi connectivity index (χ0) is 29.3. The number of halogens is 1. The minimum atomic E-state index is -0.740. The van der Waals surface area contributed by atoms with Crippen molar-refractivity contribution in [3.63, 3.8) is 0 Å². The normalized spacial score (nSPS) is 12.5. The predicted octanol–water partition coefficient (Wildman–Crippen LogP) is 6.10. The number of anilines is 4. The molecule has 42 heavy (non-hydrogen) atoms. The number of para-hydroxylation sites is 1. The minimum Gasteiger partial charge on any atom is -0.457 e. The first kappa shape index (κ1) is 28.1. The van der Waals surface area contributed by atoms with Crippen molar-refractivity contribution in [2.45, 2.75) is 12.8 Å². The van der Waals surface area contributed by atoms with Gasteiger partial charge in [0.25, 0.3) is 5.88 Å². The third-order valence-electron chi connectivity index (χ3n) is 6.25. The fraction of sp³-hybridized carbons (Fsp3) is 0.161. The zero-order valence-electron chi connectivity index (χ0n) is 22.7. The van der Waals surface area contributed by atoms with Crippen LogP contribution in [0.5, 0.6) is 23.1 Å². The molecule has 2 heterocycles. The van der Waals surface area contributed by atoms with Gasteiger partial charge in [0.2, 0.25) is 23.6 Å². The molecule has 2 amide bonds. The third kappa shape index (κ3) is 7.60. The Bertz CT molecular complexity index is 1570. The summed E-state index contributed by atoms with van der Waals surface area (Å²) in [6.45, 7) is 5.32. The number of benzene rings is 3. The summed E-state index contributed by atoms with van der Waals surface area (Å²) in [4.78, 5) is 33.9. The Hall–Kier alpha value is -5.45. The van der Waals surface area contributed by atoms with Gasteiger partial charge in [-0.3, -0.25) is 9.59 Å². The number of hydrogen-bond donors (Lipinski definition) is 3. The molecule has 0 atom stereocenters. The predicted molar refractivity (Wildman–Crippen MR) is 158 cm³/mol. The van der Waals surface area contributed by atoms with Crippen molar-refractivity contribution in [2.24, 2.45) is 0 Å². The van der Waals surface area contributed by atoms with E-state index >= 15 is 0 Å². The van der Waals surface area contributed by atoms with Crippen molar-refractivity contribution in [3.05, 3.63) is 97.5 Å². The van der Waals surface area contributed by atoms with E-state index in [1.165, 1.54) is 6.08 Å². The molecule has 11 heteroatoms. The zero-order valence-corrected chi connectivity index (χ0v) is 22.7. The molecule has 10 nitrogen and oxygen atoms in total. The first-order valence-electron chi connectivity index (χ1n) is 13.4. The van der Waals surface area contributed by atoms with Crippen LogP contribution in [0, 0.1) is 5.82 Å². The van der Waals surface area contributed by atoms with Crippen LogP contribution in [0.2, 0.25) is 0 Å². The summed E-state index contributed by atoms with van der Waals surface area (Å²) in [7, 11) is 0. The molecule has 214 valence electrons. The maximum absolute atomic E-state index is 14.6. The number of rotatable bonds is 12. The summed E-state index contributed by atoms with van der Waals surface area (Å²) >= 11 is 0. The monoisotopic (exact) mass is 568 g/mol. The maximum atomic E-state index is 14.6. The fourth-order valence-electron chi connectivity index (χ4n) is 4.27. The highest BCUT2D eigenvalue weighted by molar-refractivity contribution is 5.99. The Labute approximate surface area is 242 Å². The molecule has 1 aliphatic rings. The van der Waals surface area contributed by atoms with E-state index in [1.807, 2.05) is 35.2 Å². The smallest absolute Gasteiger partial charge is 0.260 e. The van der Waals surface area contributed by atoms with Gasteiger partial charge in [0.15, 0.2) is 0 Å². The van der Waals surface area contributed by atoms with Gasteiger partial charge in [-0.25, -0.2) is 4.98 Å². The van der Waals surface area contributed by atoms with E-state index in [0.717, 1.165) is 19.2 Å². The van der Waals surface area contributed by atoms with E-state index in [2.05, 4.69) is 32.5 Å². The molecule has 3 N–H and O–H groups in total. The van der Waals surface area contributed by atoms with Crippen molar-refractivity contribution in [1.29, 1.82) is 0 Å². The van der Waals surface area contributed by atoms with Crippen LogP contribution >= 0.6 is 0 Å². The maximum Gasteiger partial charge on any atom is 0.260 e. The number of nitrogens with zero attached hydrogens (tertiary/aromatic N) is 3. The van der Waals surface area contributed by atoms with Crippen LogP contribution in [0.1, 0.15) is 12.8 Å². The fourth-order valence-corrected chi connectivity index (χ4v) is 4.27. The Morgan fingerprint density at radius 2 is 1.67 bits per heavy atom. The second-order valence-corrected chi connectivity index (χ2v) is 9.36. The van der Waals surface area contributed by atoms with E-state index in [-0.39, 0.29) is 23.6 Å². The first-order chi connectivity index (χ1) is 20.4. The van der Waals surface area contributed by atoms with E-state index in [9.17, 15) is 14.0 Å². The van der Waals surface area contributed by atoms with E-state index < -0.39 is 5.82 Å². The average molecular weight is 569 g/mol. The van der Waals surface area contributed by atoms with E-state index in [4.69, 9.17) is 9.47 Å². The van der Waals surface area contributed by atoms with Crippen LogP contribution in [-0.2, 0) is 9.59 Å². The minimum absolute atomic E-state index is 0.0799. The number of nitrogens with one attached hydrogen (secondary N) is 3. The number of amides is 2. The van der Waals surface area contributed by atoms with Crippen molar-refractivity contribution in [1.82, 2.24) is 14.9 Å². The molecule has 1 aromatic heterocycles. The van der Waals surface area contributed by atoms with Gasteiger partial charge < -0.3 is 30.3 Å². The SMILES string of the molecule is C=CC(=O)Nc1cc(NCCN2CCCC2=O)cc(Nc2ncc(F)c(Oc3ccc(Oc4ccccc4)cc3)n2)c1. The lowest BCUT2D eigenvalue weighted by Gasteiger charge is -2.17. The number of ether oxygens (including phenoxy) is 2. The van der Waals surface area contributed by atoms with Gasteiger partial charge in [-0.15, -0.1) is 0 Å². The van der Waals surface area contributed by atoms with E-state index in [1.54, 1.807) is 42.5 Å². The molecular weight excluding hydrogens is 539 g/mol. The number of likely N-dealkylation sites (tertiary alicyclic amines) is 1. The summed E-state index contributed by atoms with van der Waals surface area (Å²) in [5.41, 5.74) is 1.69. The van der Waals surface area contributed by atoms with Crippen LogP contribution < -0.4 is 25.4 Å². The van der Waals surface area contributed by atoms with Crippen LogP contribution in [-0.4, -0.2) is 46.3 Å². The topological polar surface area (TPSA) is 118 Å². The van der Waals surface area contributed by atoms with Crippen molar-refractivity contribution >= 4 is 34.8 Å². The standard InChI is InChI=1S/C31H29FN6O4/c1-2-28(39)35-22-17-21(33-14-16-38-15-6-9-29(38)40)18-23(19-22)36-31-34-20-27(32)30(37-31)42-26-12-10-25(11-13-26)41-24-7-4-3-5-8-24/h2-5,7-8,10-13,17-20,33H,1,6,9,14-16H2,(H,35,39)(H,34,36,37). The van der Waals surface area contributed by atoms with Crippen LogP contribution in [0.3, 0.4) is 0 Å². The highest BCUT2D eigenvalue weighted by Crippen LogP contribution is 2.29. The Kier molecular flexibility index (Phi) is 8.88. The molecule has 0 spiro atoms. The highest BCUT2D eigenvalue weighted by atomic mass is 19.1. The molecule has 0 bridgehead atoms. The molecule has 1 fully saturated rings. The van der Waals surface area contributed by atoms with Gasteiger partial charge in [0.1, 0.15) is 17.2 Å². The van der Waals surface area contributed by atoms with Gasteiger partial charge in [-0.2, -0.15) is 9.37 Å². The molecule has 0 saturated carbocycles. The number of carbonyl (C=O) groups is 2. The summed E-state index contributed by atoms with van der Waals surface area (Å²) in [6, 6.07) is 21.3. The summed E-state index contributed by atoms with van der Waals surface area (Å²) in [5.74, 6) is 0.483. The van der Waals surface area contributed by atoms with Gasteiger partial charge >= 0.3 is 0 Å². The lowest BCUT2D eigenvalue weighted by molar-refractivity contribution is -0.127. The van der Waals surface area contributed by atoms with Gasteiger partial charge in [0.05, 0.1) is 6.20 Å². The molecular formula is C31H29FN6O4. The third-order valence-corrected chi connectivity index (χ3v) is 6.25. The number of carbonyl (C=O) groups excluding carboxylic acids is 2. The highest BCUT2D eigenvalue weighted by Gasteiger charge is 2.19. The second-order valence-electron chi connectivity index (χ2n) is 9.36. The average Bonchev–Trinajstić information content (AvgIpc) is 3.40. The number of aromatic nitrogens is 2. The molecule has 0 unspecified atom stereocenters. The molecule has 3 aromatic carbocycles. The molecule has 4 aromatic rings. The number of hydrogen-bond acceptors (Lipinski definition) is 8. The summed E-state index contributed by atoms with van der Waals surface area (Å²) in [6.07, 6.45) is 3.62. The first-order valence-corrected chi connectivity index (χ1v) is 13.4. The van der Waals surface area contributed by atoms with Gasteiger partial charge in [-0.05, 0) is 67.1 Å². The largest absolute Gasteiger partial charge is 0.457 e. The quantitative estimate of drug-likeness (QED) is 0.176. The Morgan fingerprint density at radius 3 is 2.38 bits per heavy atom. The van der Waals surface area contributed by atoms with Crippen LogP contribution in [0.25, 0.3) is 0 Å². The van der Waals surface area contributed by atoms with Gasteiger partial charge in [-0.1, -0.05) is 24.8 Å². The van der Waals surface area contributed by atoms with Crippen molar-refractivity contribution in [2.75, 3.05) is 35.6 Å². The lowest BCUT2D eigenvalue weighted by Crippen LogP contribution is -2.29. The molecule has 0 aliphatic carbocycles. The molecule has 1 aliphatic heterocycles. The van der Waals surface area contributed by atoms with Crippen LogP contribution in [0.4, 0.5) is 27.4 Å². The summed E-state index contributed by atoms with van der Waals surface area (Å²) < 4.78 is 26.0. The van der Waals surface area contributed by atoms with Crippen molar-refractivity contribution < 1.29 is 23.5 Å². The molecule has 1 saturated heterocycles. The van der Waals surface area contributed by atoms with Gasteiger partial charge in [0, 0.05) is 43.1 Å². The van der Waals surface area contributed by atoms with Crippen LogP contribution in [0.15, 0.2) is 91.6 Å². The lowest BCUT2D eigenvalue weighted by atomic mass is 10.2. The Balaban J connectivity index is 1.28. The van der Waals surface area contributed by atoms with E-state index in [0.29, 0.717) is 53.8 Å². The Morgan fingerprint density at radius 1 is 0.976 bits per heavy atom. The molecule has 0 radical (unpaired) electrons. The van der Waals surface area contributed by atoms with Crippen molar-refractivity contribution in [3.8, 4) is 23.1 Å². The summed E-state index contributed by atoms with van der Waals surface area (Å²) in [5, 5.41) is 9.04.